The third-order valence-electron chi connectivity index (χ3n) is 5.76. The van der Waals surface area contributed by atoms with Gasteiger partial charge in [-0.2, -0.15) is 0 Å². The Bertz CT molecular complexity index is 1330. The van der Waals surface area contributed by atoms with Crippen LogP contribution in [0.25, 0.3) is 10.9 Å². The molecule has 0 amide bonds. The minimum atomic E-state index is -2.85. The highest BCUT2D eigenvalue weighted by atomic mass is 32.2. The number of methoxy groups -OCH3 is 1. The highest BCUT2D eigenvalue weighted by Gasteiger charge is 2.25. The SMILES string of the molecule is COc1cc(N2CCN(C)c3ccc(S(C)(=N)=O)cc32)c2cc(C)c(=O)n(C)c2c1. The van der Waals surface area contributed by atoms with Crippen LogP contribution in [0.2, 0.25) is 0 Å². The molecule has 4 rings (SSSR count). The maximum Gasteiger partial charge on any atom is 0.253 e. The summed E-state index contributed by atoms with van der Waals surface area (Å²) in [7, 11) is 2.55. The van der Waals surface area contributed by atoms with Crippen molar-refractivity contribution in [2.45, 2.75) is 11.8 Å². The van der Waals surface area contributed by atoms with Gasteiger partial charge in [0.05, 0.1) is 39.4 Å². The number of aryl methyl sites for hydroxylation is 2. The van der Waals surface area contributed by atoms with Crippen LogP contribution in [0.5, 0.6) is 5.75 Å². The zero-order valence-electron chi connectivity index (χ0n) is 17.9. The van der Waals surface area contributed by atoms with E-state index < -0.39 is 9.73 Å². The monoisotopic (exact) mass is 426 g/mol. The van der Waals surface area contributed by atoms with E-state index in [1.165, 1.54) is 6.26 Å². The third-order valence-corrected chi connectivity index (χ3v) is 6.91. The molecule has 30 heavy (non-hydrogen) atoms. The van der Waals surface area contributed by atoms with E-state index in [4.69, 9.17) is 9.52 Å². The van der Waals surface area contributed by atoms with Gasteiger partial charge in [-0.05, 0) is 31.2 Å². The molecule has 2 heterocycles. The molecule has 1 unspecified atom stereocenters. The maximum absolute atomic E-state index is 12.5. The van der Waals surface area contributed by atoms with Gasteiger partial charge < -0.3 is 19.1 Å². The average molecular weight is 427 g/mol. The van der Waals surface area contributed by atoms with Crippen molar-refractivity contribution >= 4 is 37.7 Å². The second-order valence-electron chi connectivity index (χ2n) is 7.84. The normalized spacial score (nSPS) is 15.8. The lowest BCUT2D eigenvalue weighted by molar-refractivity contribution is 0.415. The van der Waals surface area contributed by atoms with Crippen LogP contribution in [0.3, 0.4) is 0 Å². The van der Waals surface area contributed by atoms with Crippen LogP contribution in [0, 0.1) is 11.7 Å². The molecule has 0 saturated heterocycles. The summed E-state index contributed by atoms with van der Waals surface area (Å²) in [5, 5.41) is 0.944. The fourth-order valence-corrected chi connectivity index (χ4v) is 4.71. The molecule has 1 aromatic heterocycles. The summed E-state index contributed by atoms with van der Waals surface area (Å²) in [4.78, 5) is 17.3. The Morgan fingerprint density at radius 3 is 2.43 bits per heavy atom. The van der Waals surface area contributed by atoms with Crippen molar-refractivity contribution in [3.63, 3.8) is 0 Å². The minimum absolute atomic E-state index is 0.0392. The Morgan fingerprint density at radius 1 is 1.03 bits per heavy atom. The number of fused-ring (bicyclic) bond motifs is 2. The first-order valence-electron chi connectivity index (χ1n) is 9.66. The van der Waals surface area contributed by atoms with Crippen molar-refractivity contribution in [2.24, 2.45) is 7.05 Å². The Labute approximate surface area is 176 Å². The molecule has 8 heteroatoms. The van der Waals surface area contributed by atoms with Crippen molar-refractivity contribution in [3.05, 3.63) is 52.3 Å². The fraction of sp³-hybridized carbons (Fsp3) is 0.318. The van der Waals surface area contributed by atoms with E-state index in [9.17, 15) is 9.00 Å². The Balaban J connectivity index is 2.04. The number of hydrogen-bond acceptors (Lipinski definition) is 6. The van der Waals surface area contributed by atoms with Gasteiger partial charge in [0.15, 0.2) is 0 Å². The van der Waals surface area contributed by atoms with E-state index >= 15 is 0 Å². The molecule has 0 saturated carbocycles. The molecule has 0 bridgehead atoms. The van der Waals surface area contributed by atoms with E-state index in [2.05, 4.69) is 9.80 Å². The van der Waals surface area contributed by atoms with E-state index in [1.54, 1.807) is 24.8 Å². The second kappa shape index (κ2) is 7.05. The van der Waals surface area contributed by atoms with Crippen LogP contribution < -0.4 is 20.1 Å². The molecule has 1 atom stereocenters. The van der Waals surface area contributed by atoms with Gasteiger partial charge >= 0.3 is 0 Å². The van der Waals surface area contributed by atoms with E-state index in [-0.39, 0.29) is 5.56 Å². The number of ether oxygens (including phenoxy) is 1. The molecule has 0 radical (unpaired) electrons. The van der Waals surface area contributed by atoms with Crippen molar-refractivity contribution in [1.82, 2.24) is 4.57 Å². The fourth-order valence-electron chi connectivity index (χ4n) is 4.04. The lowest BCUT2D eigenvalue weighted by atomic mass is 10.1. The number of nitrogens with zero attached hydrogens (tertiary/aromatic N) is 3. The molecule has 7 nitrogen and oxygen atoms in total. The summed E-state index contributed by atoms with van der Waals surface area (Å²) in [6.45, 7) is 3.33. The van der Waals surface area contributed by atoms with Gasteiger partial charge in [-0.3, -0.25) is 4.79 Å². The standard InChI is InChI=1S/C22H26N4O3S/c1-14-10-17-19(25(3)22(14)27)11-15(29-4)12-20(17)26-9-8-24(2)18-7-6-16(13-21(18)26)30(5,23)28/h6-7,10-13,23H,8-9H2,1-5H3. The van der Waals surface area contributed by atoms with Gasteiger partial charge in [-0.15, -0.1) is 0 Å². The van der Waals surface area contributed by atoms with Crippen LogP contribution >= 0.6 is 0 Å². The lowest BCUT2D eigenvalue weighted by Gasteiger charge is -2.38. The van der Waals surface area contributed by atoms with E-state index in [0.29, 0.717) is 22.8 Å². The maximum atomic E-state index is 12.5. The Morgan fingerprint density at radius 2 is 1.77 bits per heavy atom. The van der Waals surface area contributed by atoms with Crippen LogP contribution in [0.15, 0.2) is 46.1 Å². The van der Waals surface area contributed by atoms with Crippen molar-refractivity contribution in [2.75, 3.05) is 43.3 Å². The third kappa shape index (κ3) is 3.21. The number of likely N-dealkylation sites (N-methyl/N-ethyl adjacent to an activating group) is 1. The predicted molar refractivity (Wildman–Crippen MR) is 122 cm³/mol. The first kappa shape index (κ1) is 20.3. The Hall–Kier alpha value is -3.00. The van der Waals surface area contributed by atoms with Crippen LogP contribution in [0.4, 0.5) is 17.1 Å². The molecule has 0 spiro atoms. The number of nitrogens with one attached hydrogen (secondary N) is 1. The second-order valence-corrected chi connectivity index (χ2v) is 10.00. The van der Waals surface area contributed by atoms with Crippen molar-refractivity contribution in [3.8, 4) is 5.75 Å². The molecule has 0 aliphatic carbocycles. The molecule has 1 aliphatic rings. The number of pyridine rings is 1. The molecular weight excluding hydrogens is 400 g/mol. The summed E-state index contributed by atoms with van der Waals surface area (Å²) in [6.07, 6.45) is 1.44. The number of aromatic nitrogens is 1. The van der Waals surface area contributed by atoms with Crippen LogP contribution in [-0.2, 0) is 16.8 Å². The number of rotatable bonds is 3. The van der Waals surface area contributed by atoms with Crippen LogP contribution in [0.1, 0.15) is 5.56 Å². The summed E-state index contributed by atoms with van der Waals surface area (Å²) >= 11 is 0. The molecule has 3 aromatic rings. The van der Waals surface area contributed by atoms with Gasteiger partial charge in [-0.25, -0.2) is 8.99 Å². The predicted octanol–water partition coefficient (Wildman–Crippen LogP) is 3.48. The number of hydrogen-bond donors (Lipinski definition) is 1. The van der Waals surface area contributed by atoms with Gasteiger partial charge in [-0.1, -0.05) is 0 Å². The highest BCUT2D eigenvalue weighted by Crippen LogP contribution is 2.42. The number of anilines is 3. The van der Waals surface area contributed by atoms with Crippen molar-refractivity contribution in [1.29, 1.82) is 4.78 Å². The zero-order valence-corrected chi connectivity index (χ0v) is 18.7. The molecule has 1 N–H and O–H groups in total. The summed E-state index contributed by atoms with van der Waals surface area (Å²) in [5.74, 6) is 0.660. The average Bonchev–Trinajstić information content (AvgIpc) is 2.71. The quantitative estimate of drug-likeness (QED) is 0.694. The zero-order chi connectivity index (χ0) is 21.8. The van der Waals surface area contributed by atoms with E-state index in [0.717, 1.165) is 34.5 Å². The first-order chi connectivity index (χ1) is 14.1. The van der Waals surface area contributed by atoms with Crippen LogP contribution in [-0.4, -0.2) is 42.3 Å². The topological polar surface area (TPSA) is 78.6 Å². The highest BCUT2D eigenvalue weighted by molar-refractivity contribution is 7.91. The van der Waals surface area contributed by atoms with E-state index in [1.807, 2.05) is 44.3 Å². The van der Waals surface area contributed by atoms with Gasteiger partial charge in [0.2, 0.25) is 0 Å². The smallest absolute Gasteiger partial charge is 0.253 e. The largest absolute Gasteiger partial charge is 0.497 e. The molecule has 2 aromatic carbocycles. The summed E-state index contributed by atoms with van der Waals surface area (Å²) < 4.78 is 27.6. The van der Waals surface area contributed by atoms with Crippen molar-refractivity contribution < 1.29 is 8.95 Å². The molecular formula is C22H26N4O3S. The van der Waals surface area contributed by atoms with Gasteiger partial charge in [0, 0.05) is 61.4 Å². The number of benzene rings is 2. The van der Waals surface area contributed by atoms with Gasteiger partial charge in [0.1, 0.15) is 5.75 Å². The van der Waals surface area contributed by atoms with Gasteiger partial charge in [0.25, 0.3) is 5.56 Å². The summed E-state index contributed by atoms with van der Waals surface area (Å²) in [5.41, 5.74) is 4.23. The molecule has 158 valence electrons. The Kier molecular flexibility index (Phi) is 4.77. The molecule has 1 aliphatic heterocycles. The first-order valence-corrected chi connectivity index (χ1v) is 11.6. The lowest BCUT2D eigenvalue weighted by Crippen LogP contribution is -2.36. The minimum Gasteiger partial charge on any atom is -0.497 e. The summed E-state index contributed by atoms with van der Waals surface area (Å²) in [6, 6.07) is 11.3. The molecule has 0 fully saturated rings.